The molecular formula is C18H30BNO4. The van der Waals surface area contributed by atoms with E-state index in [0.29, 0.717) is 25.6 Å². The van der Waals surface area contributed by atoms with Crippen molar-refractivity contribution < 1.29 is 19.5 Å². The summed E-state index contributed by atoms with van der Waals surface area (Å²) in [5.74, 6) is -1.16. The van der Waals surface area contributed by atoms with E-state index in [1.54, 1.807) is 0 Å². The molecule has 134 valence electrons. The zero-order valence-electron chi connectivity index (χ0n) is 15.1. The fourth-order valence-electron chi connectivity index (χ4n) is 3.57. The number of carbonyl (C=O) groups excluding carboxylic acids is 2. The zero-order chi connectivity index (χ0) is 18.1. The molecule has 4 atom stereocenters. The first kappa shape index (κ1) is 20.5. The minimum atomic E-state index is -0.984. The molecule has 0 spiro atoms. The summed E-state index contributed by atoms with van der Waals surface area (Å²) in [5, 5.41) is 12.1. The molecule has 6 heteroatoms. The standard InChI is InChI=1S/C18H30BNO4/c1-3-5-6-7-14-13(8-9-15(14)21)10-16(22)20-17(18(23)24)12(4-2)11-19/h5-6,12-14,17H,3-4,7-11,19H2,1-2H3,(H,20,22)(H,23,24)/b6-5-/t12-,13-,14+,17+/m1/s1. The number of ketones is 1. The summed E-state index contributed by atoms with van der Waals surface area (Å²) < 4.78 is 0. The Morgan fingerprint density at radius 2 is 2.08 bits per heavy atom. The van der Waals surface area contributed by atoms with Gasteiger partial charge >= 0.3 is 5.97 Å². The molecular weight excluding hydrogens is 305 g/mol. The highest BCUT2D eigenvalue weighted by atomic mass is 16.4. The van der Waals surface area contributed by atoms with Gasteiger partial charge in [0, 0.05) is 18.8 Å². The van der Waals surface area contributed by atoms with Crippen LogP contribution in [0.5, 0.6) is 0 Å². The van der Waals surface area contributed by atoms with E-state index in [2.05, 4.69) is 5.32 Å². The largest absolute Gasteiger partial charge is 0.480 e. The number of hydrogen-bond acceptors (Lipinski definition) is 3. The van der Waals surface area contributed by atoms with Crippen LogP contribution in [0.25, 0.3) is 0 Å². The van der Waals surface area contributed by atoms with E-state index >= 15 is 0 Å². The van der Waals surface area contributed by atoms with Crippen LogP contribution in [0.1, 0.15) is 52.4 Å². The van der Waals surface area contributed by atoms with Crippen LogP contribution in [0.4, 0.5) is 0 Å². The Morgan fingerprint density at radius 3 is 2.62 bits per heavy atom. The second-order valence-electron chi connectivity index (χ2n) is 6.65. The molecule has 1 aliphatic rings. The van der Waals surface area contributed by atoms with E-state index in [4.69, 9.17) is 0 Å². The van der Waals surface area contributed by atoms with Gasteiger partial charge in [0.1, 0.15) is 19.7 Å². The van der Waals surface area contributed by atoms with Gasteiger partial charge in [-0.3, -0.25) is 9.59 Å². The predicted octanol–water partition coefficient (Wildman–Crippen LogP) is 1.98. The topological polar surface area (TPSA) is 83.5 Å². The van der Waals surface area contributed by atoms with Crippen molar-refractivity contribution in [3.63, 3.8) is 0 Å². The van der Waals surface area contributed by atoms with Crippen molar-refractivity contribution in [1.82, 2.24) is 5.32 Å². The van der Waals surface area contributed by atoms with Crippen LogP contribution in [-0.2, 0) is 14.4 Å². The number of nitrogens with one attached hydrogen (secondary N) is 1. The monoisotopic (exact) mass is 335 g/mol. The van der Waals surface area contributed by atoms with Gasteiger partial charge in [-0.15, -0.1) is 0 Å². The Balaban J connectivity index is 2.65. The fraction of sp³-hybridized carbons (Fsp3) is 0.722. The second kappa shape index (κ2) is 10.3. The van der Waals surface area contributed by atoms with E-state index in [1.807, 2.05) is 33.8 Å². The Morgan fingerprint density at radius 1 is 1.38 bits per heavy atom. The maximum absolute atomic E-state index is 12.3. The van der Waals surface area contributed by atoms with E-state index in [-0.39, 0.29) is 35.9 Å². The van der Waals surface area contributed by atoms with Gasteiger partial charge in [0.2, 0.25) is 5.91 Å². The molecule has 0 aromatic carbocycles. The van der Waals surface area contributed by atoms with Crippen LogP contribution in [0.3, 0.4) is 0 Å². The third kappa shape index (κ3) is 5.80. The average Bonchev–Trinajstić information content (AvgIpc) is 2.88. The second-order valence-corrected chi connectivity index (χ2v) is 6.65. The van der Waals surface area contributed by atoms with Gasteiger partial charge in [-0.25, -0.2) is 4.79 Å². The molecule has 0 heterocycles. The maximum Gasteiger partial charge on any atom is 0.326 e. The van der Waals surface area contributed by atoms with Crippen LogP contribution in [0.15, 0.2) is 12.2 Å². The first-order valence-electron chi connectivity index (χ1n) is 9.14. The van der Waals surface area contributed by atoms with E-state index in [0.717, 1.165) is 12.8 Å². The first-order valence-corrected chi connectivity index (χ1v) is 9.14. The number of carbonyl (C=O) groups is 3. The van der Waals surface area contributed by atoms with Gasteiger partial charge in [0.25, 0.3) is 0 Å². The molecule has 1 amide bonds. The molecule has 1 aliphatic carbocycles. The van der Waals surface area contributed by atoms with Crippen molar-refractivity contribution in [2.24, 2.45) is 17.8 Å². The molecule has 0 aromatic heterocycles. The van der Waals surface area contributed by atoms with Gasteiger partial charge in [-0.05, 0) is 31.1 Å². The summed E-state index contributed by atoms with van der Waals surface area (Å²) in [6, 6.07) is -0.844. The Bertz CT molecular complexity index is 474. The van der Waals surface area contributed by atoms with E-state index in [1.165, 1.54) is 0 Å². The number of hydrogen-bond donors (Lipinski definition) is 2. The molecule has 0 radical (unpaired) electrons. The van der Waals surface area contributed by atoms with Crippen molar-refractivity contribution in [2.75, 3.05) is 0 Å². The summed E-state index contributed by atoms with van der Waals surface area (Å²) in [6.07, 6.45) is 8.57. The zero-order valence-corrected chi connectivity index (χ0v) is 15.1. The fourth-order valence-corrected chi connectivity index (χ4v) is 3.57. The van der Waals surface area contributed by atoms with Gasteiger partial charge in [-0.1, -0.05) is 38.7 Å². The highest BCUT2D eigenvalue weighted by Gasteiger charge is 2.36. The van der Waals surface area contributed by atoms with E-state index in [9.17, 15) is 19.5 Å². The van der Waals surface area contributed by atoms with Crippen molar-refractivity contribution in [2.45, 2.75) is 64.7 Å². The number of carboxylic acids is 1. The minimum absolute atomic E-state index is 0.0233. The SMILES string of the molecule is BC[C@@H](CC)[C@H](NC(=O)C[C@H]1CCC(=O)[C@H]1C/C=C\CC)C(=O)O. The van der Waals surface area contributed by atoms with Crippen molar-refractivity contribution in [1.29, 1.82) is 0 Å². The lowest BCUT2D eigenvalue weighted by Crippen LogP contribution is -2.46. The summed E-state index contributed by atoms with van der Waals surface area (Å²) in [7, 11) is 1.93. The average molecular weight is 335 g/mol. The van der Waals surface area contributed by atoms with E-state index < -0.39 is 12.0 Å². The number of rotatable bonds is 10. The lowest BCUT2D eigenvalue weighted by molar-refractivity contribution is -0.143. The van der Waals surface area contributed by atoms with Crippen LogP contribution in [0, 0.1) is 17.8 Å². The summed E-state index contributed by atoms with van der Waals surface area (Å²) >= 11 is 0. The number of allylic oxidation sites excluding steroid dienone is 2. The van der Waals surface area contributed by atoms with Gasteiger partial charge in [0.05, 0.1) is 0 Å². The molecule has 24 heavy (non-hydrogen) atoms. The minimum Gasteiger partial charge on any atom is -0.480 e. The molecule has 0 unspecified atom stereocenters. The third-order valence-corrected chi connectivity index (χ3v) is 5.09. The maximum atomic E-state index is 12.3. The highest BCUT2D eigenvalue weighted by molar-refractivity contribution is 6.09. The molecule has 5 nitrogen and oxygen atoms in total. The molecule has 0 aliphatic heterocycles. The highest BCUT2D eigenvalue weighted by Crippen LogP contribution is 2.34. The molecule has 0 bridgehead atoms. The molecule has 1 rings (SSSR count). The number of Topliss-reactive ketones (excluding diaryl/α,β-unsaturated/α-hetero) is 1. The van der Waals surface area contributed by atoms with Crippen LogP contribution in [0.2, 0.25) is 6.32 Å². The summed E-state index contributed by atoms with van der Waals surface area (Å²) in [4.78, 5) is 35.8. The van der Waals surface area contributed by atoms with Gasteiger partial charge < -0.3 is 10.4 Å². The number of amides is 1. The van der Waals surface area contributed by atoms with Gasteiger partial charge in [-0.2, -0.15) is 0 Å². The number of aliphatic carboxylic acids is 1. The van der Waals surface area contributed by atoms with Crippen molar-refractivity contribution in [3.05, 3.63) is 12.2 Å². The predicted molar refractivity (Wildman–Crippen MR) is 96.6 cm³/mol. The summed E-state index contributed by atoms with van der Waals surface area (Å²) in [5.41, 5.74) is 0. The van der Waals surface area contributed by atoms with Crippen molar-refractivity contribution in [3.8, 4) is 0 Å². The Hall–Kier alpha value is -1.59. The number of carboxylic acid groups (broad SMARTS) is 1. The molecule has 0 aromatic rings. The summed E-state index contributed by atoms with van der Waals surface area (Å²) in [6.45, 7) is 3.98. The van der Waals surface area contributed by atoms with Crippen LogP contribution in [-0.4, -0.2) is 36.7 Å². The molecule has 1 saturated carbocycles. The van der Waals surface area contributed by atoms with Crippen molar-refractivity contribution >= 4 is 25.5 Å². The first-order chi connectivity index (χ1) is 11.4. The molecule has 0 saturated heterocycles. The third-order valence-electron chi connectivity index (χ3n) is 5.09. The van der Waals surface area contributed by atoms with Crippen LogP contribution >= 0.6 is 0 Å². The lowest BCUT2D eigenvalue weighted by atomic mass is 9.83. The normalized spacial score (nSPS) is 23.3. The van der Waals surface area contributed by atoms with Crippen LogP contribution < -0.4 is 5.32 Å². The Kier molecular flexibility index (Phi) is 8.79. The smallest absolute Gasteiger partial charge is 0.326 e. The lowest BCUT2D eigenvalue weighted by Gasteiger charge is -2.24. The quantitative estimate of drug-likeness (QED) is 0.472. The van der Waals surface area contributed by atoms with Gasteiger partial charge in [0.15, 0.2) is 0 Å². The Labute approximate surface area is 145 Å². The molecule has 2 N–H and O–H groups in total. The molecule has 1 fully saturated rings.